The van der Waals surface area contributed by atoms with E-state index in [0.29, 0.717) is 13.0 Å². The Labute approximate surface area is 66.1 Å². The van der Waals surface area contributed by atoms with Crippen LogP contribution in [-0.2, 0) is 22.2 Å². The number of hydrogen-bond acceptors (Lipinski definition) is 2. The zero-order valence-corrected chi connectivity index (χ0v) is 8.51. The second-order valence-electron chi connectivity index (χ2n) is 2.31. The molecule has 1 rings (SSSR count). The van der Waals surface area contributed by atoms with E-state index in [0.717, 1.165) is 6.42 Å². The van der Waals surface area contributed by atoms with Crippen LogP contribution in [0.3, 0.4) is 0 Å². The molecule has 0 saturated carbocycles. The first-order valence-corrected chi connectivity index (χ1v) is 6.01. The zero-order valence-electron chi connectivity index (χ0n) is 5.54. The average Bonchev–Trinajstić information content (AvgIpc) is 2.15. The van der Waals surface area contributed by atoms with E-state index >= 15 is 0 Å². The number of carbonyl (C=O) groups excluding carboxylic acids is 1. The maximum absolute atomic E-state index is 10.8. The molecule has 52 valence electrons. The van der Waals surface area contributed by atoms with Crippen LogP contribution in [0, 0.1) is 0 Å². The Kier molecular flexibility index (Phi) is 2.38. The second kappa shape index (κ2) is 3.10. The van der Waals surface area contributed by atoms with Crippen molar-refractivity contribution < 1.29 is 32.1 Å². The Hall–Kier alpha value is -0.437. The Morgan fingerprint density at radius 3 is 2.80 bits per heavy atom. The summed E-state index contributed by atoms with van der Waals surface area (Å²) in [7, 11) is 0. The molecule has 0 spiro atoms. The number of rotatable bonds is 2. The summed E-state index contributed by atoms with van der Waals surface area (Å²) >= 11 is -1.74. The van der Waals surface area contributed by atoms with Crippen molar-refractivity contribution >= 4 is 10.5 Å². The van der Waals surface area contributed by atoms with Gasteiger partial charge in [0.05, 0.1) is 0 Å². The molecule has 0 unspecified atom stereocenters. The molecule has 1 heterocycles. The number of carboxylic acid groups (broad SMARTS) is 1. The Balaban J connectivity index is 2.40. The molecule has 0 aromatic carbocycles. The average molecular weight is 195 g/mol. The van der Waals surface area contributed by atoms with Gasteiger partial charge in [-0.25, -0.2) is 0 Å². The number of amides is 1. The molecule has 5 heteroatoms. The minimum atomic E-state index is -1.74. The number of hydrogen-bond donors (Lipinski definition) is 1. The van der Waals surface area contributed by atoms with Crippen LogP contribution in [-0.4, -0.2) is 25.8 Å². The first-order valence-electron chi connectivity index (χ1n) is 3.20. The van der Waals surface area contributed by atoms with Crippen LogP contribution in [0.25, 0.3) is 0 Å². The van der Waals surface area contributed by atoms with Crippen LogP contribution in [0.1, 0.15) is 12.8 Å². The molecule has 0 bridgehead atoms. The van der Waals surface area contributed by atoms with E-state index in [2.05, 4.69) is 0 Å². The maximum atomic E-state index is 10.8. The molecular formula is C5H7NO3Zn. The van der Waals surface area contributed by atoms with Crippen LogP contribution in [0.5, 0.6) is 0 Å². The van der Waals surface area contributed by atoms with Crippen molar-refractivity contribution in [1.29, 1.82) is 0 Å². The summed E-state index contributed by atoms with van der Waals surface area (Å²) in [6.45, 7) is 0.686. The first-order chi connectivity index (χ1) is 4.70. The summed E-state index contributed by atoms with van der Waals surface area (Å²) in [5, 5.41) is 8.38. The summed E-state index contributed by atoms with van der Waals surface area (Å²) < 4.78 is 0.803. The zero-order chi connectivity index (χ0) is 7.56. The van der Waals surface area contributed by atoms with Gasteiger partial charge in [-0.3, -0.25) is 0 Å². The Bertz CT molecular complexity index is 170. The molecule has 1 N–H and O–H groups in total. The van der Waals surface area contributed by atoms with E-state index < -0.39 is 21.9 Å². The van der Waals surface area contributed by atoms with Crippen molar-refractivity contribution in [3.8, 4) is 0 Å². The van der Waals surface area contributed by atoms with Crippen molar-refractivity contribution in [3.05, 3.63) is 0 Å². The SMILES string of the molecule is O=[C](O)[Zn][N]1CCCC1=O. The van der Waals surface area contributed by atoms with Crippen LogP contribution in [0.2, 0.25) is 0 Å². The van der Waals surface area contributed by atoms with Gasteiger partial charge in [0.25, 0.3) is 0 Å². The van der Waals surface area contributed by atoms with Gasteiger partial charge in [0.1, 0.15) is 0 Å². The van der Waals surface area contributed by atoms with Gasteiger partial charge >= 0.3 is 65.6 Å². The molecule has 0 aliphatic carbocycles. The van der Waals surface area contributed by atoms with Gasteiger partial charge < -0.3 is 0 Å². The molecule has 1 amide bonds. The first kappa shape index (κ1) is 7.67. The normalized spacial score (nSPS) is 17.2. The van der Waals surface area contributed by atoms with Gasteiger partial charge in [-0.2, -0.15) is 0 Å². The van der Waals surface area contributed by atoms with Gasteiger partial charge in [-0.05, 0) is 0 Å². The van der Waals surface area contributed by atoms with Crippen molar-refractivity contribution in [2.24, 2.45) is 0 Å². The summed E-state index contributed by atoms with van der Waals surface area (Å²) in [6.07, 6.45) is 1.40. The van der Waals surface area contributed by atoms with Gasteiger partial charge in [0.15, 0.2) is 0 Å². The van der Waals surface area contributed by atoms with Gasteiger partial charge in [-0.1, -0.05) is 0 Å². The monoisotopic (exact) mass is 193 g/mol. The second-order valence-corrected chi connectivity index (χ2v) is 5.85. The van der Waals surface area contributed by atoms with E-state index in [1.807, 2.05) is 0 Å². The van der Waals surface area contributed by atoms with Crippen LogP contribution >= 0.6 is 0 Å². The molecule has 10 heavy (non-hydrogen) atoms. The van der Waals surface area contributed by atoms with Gasteiger partial charge in [-0.15, -0.1) is 0 Å². The molecule has 0 atom stereocenters. The minimum absolute atomic E-state index is 0.0439. The van der Waals surface area contributed by atoms with Crippen molar-refractivity contribution in [1.82, 2.24) is 3.64 Å². The van der Waals surface area contributed by atoms with E-state index in [9.17, 15) is 9.59 Å². The predicted octanol–water partition coefficient (Wildman–Crippen LogP) is 0.284. The topological polar surface area (TPSA) is 57.6 Å². The molecular weight excluding hydrogens is 187 g/mol. The molecule has 0 aromatic rings. The standard InChI is InChI=1S/C4H7NO.CHO2.Zn/c6-4-2-1-3-5-4;2-1-3;/h1-3H2,(H,5,6);(H,2,3);/q;;+1/p-1. The van der Waals surface area contributed by atoms with Crippen molar-refractivity contribution in [2.75, 3.05) is 6.54 Å². The van der Waals surface area contributed by atoms with E-state index in [4.69, 9.17) is 5.11 Å². The van der Waals surface area contributed by atoms with Crippen LogP contribution in [0.15, 0.2) is 0 Å². The number of carbonyl (C=O) groups is 2. The van der Waals surface area contributed by atoms with E-state index in [-0.39, 0.29) is 5.91 Å². The molecule has 1 saturated heterocycles. The third kappa shape index (κ3) is 1.77. The fraction of sp³-hybridized carbons (Fsp3) is 0.600. The molecule has 1 aliphatic rings. The van der Waals surface area contributed by atoms with Crippen molar-refractivity contribution in [2.45, 2.75) is 12.8 Å². The van der Waals surface area contributed by atoms with Crippen LogP contribution in [0.4, 0.5) is 4.79 Å². The summed E-state index contributed by atoms with van der Waals surface area (Å²) in [5.41, 5.74) is 0. The van der Waals surface area contributed by atoms with Gasteiger partial charge in [0, 0.05) is 0 Å². The fourth-order valence-electron chi connectivity index (χ4n) is 1.03. The van der Waals surface area contributed by atoms with Gasteiger partial charge in [0.2, 0.25) is 0 Å². The fourth-order valence-corrected chi connectivity index (χ4v) is 3.22. The summed E-state index contributed by atoms with van der Waals surface area (Å²) in [6, 6.07) is 0. The third-order valence-corrected chi connectivity index (χ3v) is 4.27. The predicted molar refractivity (Wildman–Crippen MR) is 29.0 cm³/mol. The quantitative estimate of drug-likeness (QED) is 0.643. The van der Waals surface area contributed by atoms with Crippen LogP contribution < -0.4 is 0 Å². The molecule has 1 aliphatic heterocycles. The Morgan fingerprint density at radius 2 is 2.40 bits per heavy atom. The number of nitrogens with zero attached hydrogens (tertiary/aromatic N) is 1. The molecule has 4 nitrogen and oxygen atoms in total. The third-order valence-electron chi connectivity index (χ3n) is 1.50. The van der Waals surface area contributed by atoms with E-state index in [1.165, 1.54) is 0 Å². The Morgan fingerprint density at radius 1 is 1.70 bits per heavy atom. The molecule has 0 aromatic heterocycles. The van der Waals surface area contributed by atoms with Crippen molar-refractivity contribution in [3.63, 3.8) is 0 Å². The molecule has 1 fully saturated rings. The summed E-state index contributed by atoms with van der Waals surface area (Å²) in [4.78, 5) is 21.0. The molecule has 0 radical (unpaired) electrons. The summed E-state index contributed by atoms with van der Waals surface area (Å²) in [5.74, 6) is 0.0439. The van der Waals surface area contributed by atoms with E-state index in [1.54, 1.807) is 3.64 Å².